The lowest BCUT2D eigenvalue weighted by Gasteiger charge is -2.35. The highest BCUT2D eigenvalue weighted by molar-refractivity contribution is 7.80. The SMILES string of the molecule is COc1ccc(N2C(=O)[C@H](CC(=O)Nc3ccc(Cl)cc3)N(CCCN3CCN(Cc4ccccc4)CC3)C2=S)cc1Cl. The first-order chi connectivity index (χ1) is 20.8. The summed E-state index contributed by atoms with van der Waals surface area (Å²) in [5.74, 6) is -0.0350. The Morgan fingerprint density at radius 1 is 0.953 bits per heavy atom. The largest absolute Gasteiger partial charge is 0.495 e. The first-order valence-electron chi connectivity index (χ1n) is 14.3. The van der Waals surface area contributed by atoms with Crippen LogP contribution in [0.3, 0.4) is 0 Å². The monoisotopic (exact) mass is 639 g/mol. The molecular weight excluding hydrogens is 605 g/mol. The Labute approximate surface area is 268 Å². The molecule has 5 rings (SSSR count). The van der Waals surface area contributed by atoms with Crippen LogP contribution in [0.1, 0.15) is 18.4 Å². The first-order valence-corrected chi connectivity index (χ1v) is 15.5. The molecule has 2 amide bonds. The minimum absolute atomic E-state index is 0.0415. The van der Waals surface area contributed by atoms with Gasteiger partial charge in [0.1, 0.15) is 11.8 Å². The number of ether oxygens (including phenoxy) is 1. The van der Waals surface area contributed by atoms with Gasteiger partial charge in [0.15, 0.2) is 5.11 Å². The summed E-state index contributed by atoms with van der Waals surface area (Å²) >= 11 is 18.2. The van der Waals surface area contributed by atoms with Crippen LogP contribution >= 0.6 is 35.4 Å². The van der Waals surface area contributed by atoms with Crippen LogP contribution in [0.2, 0.25) is 10.0 Å². The number of methoxy groups -OCH3 is 1. The van der Waals surface area contributed by atoms with Crippen LogP contribution < -0.4 is 15.0 Å². The number of piperazine rings is 1. The van der Waals surface area contributed by atoms with Gasteiger partial charge in [0, 0.05) is 50.0 Å². The fraction of sp³-hybridized carbons (Fsp3) is 0.344. The molecule has 3 aromatic carbocycles. The van der Waals surface area contributed by atoms with Crippen molar-refractivity contribution in [2.75, 3.05) is 56.6 Å². The molecule has 3 aromatic rings. The molecule has 0 radical (unpaired) electrons. The Morgan fingerprint density at radius 2 is 1.65 bits per heavy atom. The maximum absolute atomic E-state index is 13.8. The Kier molecular flexibility index (Phi) is 10.5. The van der Waals surface area contributed by atoms with Crippen molar-refractivity contribution >= 4 is 63.7 Å². The highest BCUT2D eigenvalue weighted by Gasteiger charge is 2.44. The summed E-state index contributed by atoms with van der Waals surface area (Å²) in [6.07, 6.45) is 0.763. The van der Waals surface area contributed by atoms with Crippen LogP contribution in [-0.2, 0) is 16.1 Å². The molecule has 0 aliphatic carbocycles. The zero-order chi connectivity index (χ0) is 30.3. The molecule has 0 aromatic heterocycles. The molecule has 8 nitrogen and oxygen atoms in total. The standard InChI is InChI=1S/C32H35Cl2N5O3S/c1-42-29-13-12-26(20-27(29)34)39-31(41)28(21-30(40)35-25-10-8-24(33)9-11-25)38(32(39)43)15-5-14-36-16-18-37(19-17-36)22-23-6-3-2-4-7-23/h2-4,6-13,20,28H,5,14-19,21-22H2,1H3,(H,35,40)/t28-/m0/s1. The average molecular weight is 641 g/mol. The molecule has 0 spiro atoms. The van der Waals surface area contributed by atoms with Crippen molar-refractivity contribution in [3.05, 3.63) is 88.4 Å². The van der Waals surface area contributed by atoms with Crippen molar-refractivity contribution in [3.63, 3.8) is 0 Å². The number of thiocarbonyl (C=S) groups is 1. The van der Waals surface area contributed by atoms with Crippen LogP contribution in [0.15, 0.2) is 72.8 Å². The number of nitrogens with zero attached hydrogens (tertiary/aromatic N) is 4. The van der Waals surface area contributed by atoms with Gasteiger partial charge in [0.25, 0.3) is 5.91 Å². The van der Waals surface area contributed by atoms with E-state index in [0.29, 0.717) is 38.8 Å². The molecule has 2 heterocycles. The molecule has 226 valence electrons. The van der Waals surface area contributed by atoms with E-state index in [9.17, 15) is 9.59 Å². The van der Waals surface area contributed by atoms with E-state index in [1.165, 1.54) is 17.6 Å². The lowest BCUT2D eigenvalue weighted by atomic mass is 10.1. The van der Waals surface area contributed by atoms with Crippen LogP contribution in [0.4, 0.5) is 11.4 Å². The van der Waals surface area contributed by atoms with Gasteiger partial charge in [-0.05, 0) is 73.2 Å². The number of nitrogens with one attached hydrogen (secondary N) is 1. The number of halogens is 2. The molecule has 0 unspecified atom stereocenters. The molecule has 2 saturated heterocycles. The van der Waals surface area contributed by atoms with E-state index in [1.807, 2.05) is 11.0 Å². The molecule has 2 fully saturated rings. The zero-order valence-corrected chi connectivity index (χ0v) is 26.4. The van der Waals surface area contributed by atoms with Gasteiger partial charge in [-0.3, -0.25) is 19.4 Å². The number of benzene rings is 3. The fourth-order valence-electron chi connectivity index (χ4n) is 5.52. The van der Waals surface area contributed by atoms with Crippen LogP contribution in [0.25, 0.3) is 0 Å². The van der Waals surface area contributed by atoms with E-state index < -0.39 is 6.04 Å². The van der Waals surface area contributed by atoms with Crippen molar-refractivity contribution in [2.45, 2.75) is 25.4 Å². The number of rotatable bonds is 11. The van der Waals surface area contributed by atoms with E-state index >= 15 is 0 Å². The molecule has 2 aliphatic rings. The number of hydrogen-bond acceptors (Lipinski definition) is 6. The lowest BCUT2D eigenvalue weighted by molar-refractivity contribution is -0.124. The molecule has 1 atom stereocenters. The first kappa shape index (κ1) is 31.2. The summed E-state index contributed by atoms with van der Waals surface area (Å²) in [5.41, 5.74) is 2.48. The molecule has 43 heavy (non-hydrogen) atoms. The maximum atomic E-state index is 13.8. The minimum Gasteiger partial charge on any atom is -0.495 e. The normalized spacial score (nSPS) is 17.9. The van der Waals surface area contributed by atoms with Crippen LogP contribution in [0, 0.1) is 0 Å². The Bertz CT molecular complexity index is 1430. The van der Waals surface area contributed by atoms with E-state index in [0.717, 1.165) is 45.7 Å². The van der Waals surface area contributed by atoms with Gasteiger partial charge >= 0.3 is 0 Å². The topological polar surface area (TPSA) is 68.4 Å². The predicted octanol–water partition coefficient (Wildman–Crippen LogP) is 5.54. The third kappa shape index (κ3) is 7.85. The molecule has 1 N–H and O–H groups in total. The van der Waals surface area contributed by atoms with Crippen molar-refractivity contribution in [1.82, 2.24) is 14.7 Å². The Balaban J connectivity index is 1.23. The summed E-state index contributed by atoms with van der Waals surface area (Å²) in [7, 11) is 1.53. The second-order valence-electron chi connectivity index (χ2n) is 10.7. The summed E-state index contributed by atoms with van der Waals surface area (Å²) in [4.78, 5) is 35.1. The number of amides is 2. The Hall–Kier alpha value is -3.21. The smallest absolute Gasteiger partial charge is 0.256 e. The van der Waals surface area contributed by atoms with Crippen molar-refractivity contribution in [1.29, 1.82) is 0 Å². The molecular formula is C32H35Cl2N5O3S. The van der Waals surface area contributed by atoms with Crippen molar-refractivity contribution in [3.8, 4) is 5.75 Å². The fourth-order valence-corrected chi connectivity index (χ4v) is 6.31. The maximum Gasteiger partial charge on any atom is 0.256 e. The number of anilines is 2. The average Bonchev–Trinajstić information content (AvgIpc) is 3.23. The van der Waals surface area contributed by atoms with Gasteiger partial charge in [-0.25, -0.2) is 0 Å². The molecule has 0 bridgehead atoms. The second kappa shape index (κ2) is 14.5. The number of carbonyl (C=O) groups excluding carboxylic acids is 2. The molecule has 0 saturated carbocycles. The zero-order valence-electron chi connectivity index (χ0n) is 24.0. The summed E-state index contributed by atoms with van der Waals surface area (Å²) in [5, 5.41) is 4.18. The van der Waals surface area contributed by atoms with Gasteiger partial charge in [0.2, 0.25) is 5.91 Å². The summed E-state index contributed by atoms with van der Waals surface area (Å²) in [6.45, 7) is 6.38. The number of carbonyl (C=O) groups is 2. The highest BCUT2D eigenvalue weighted by Crippen LogP contribution is 2.33. The van der Waals surface area contributed by atoms with Crippen molar-refractivity contribution in [2.24, 2.45) is 0 Å². The van der Waals surface area contributed by atoms with Crippen LogP contribution in [-0.4, -0.2) is 84.0 Å². The van der Waals surface area contributed by atoms with Crippen molar-refractivity contribution < 1.29 is 14.3 Å². The van der Waals surface area contributed by atoms with E-state index in [1.54, 1.807) is 42.5 Å². The van der Waals surface area contributed by atoms with Crippen LogP contribution in [0.5, 0.6) is 5.75 Å². The summed E-state index contributed by atoms with van der Waals surface area (Å²) in [6, 6.07) is 21.8. The number of hydrogen-bond donors (Lipinski definition) is 1. The minimum atomic E-state index is -0.733. The van der Waals surface area contributed by atoms with Gasteiger partial charge in [-0.2, -0.15) is 0 Å². The highest BCUT2D eigenvalue weighted by atomic mass is 35.5. The van der Waals surface area contributed by atoms with Gasteiger partial charge in [0.05, 0.1) is 24.2 Å². The molecule has 11 heteroatoms. The van der Waals surface area contributed by atoms with E-state index in [4.69, 9.17) is 40.2 Å². The van der Waals surface area contributed by atoms with Gasteiger partial charge in [-0.1, -0.05) is 53.5 Å². The third-order valence-electron chi connectivity index (χ3n) is 7.81. The Morgan fingerprint density at radius 3 is 2.33 bits per heavy atom. The predicted molar refractivity (Wildman–Crippen MR) is 176 cm³/mol. The van der Waals surface area contributed by atoms with E-state index in [-0.39, 0.29) is 18.2 Å². The van der Waals surface area contributed by atoms with E-state index in [2.05, 4.69) is 39.4 Å². The molecule has 2 aliphatic heterocycles. The quantitative estimate of drug-likeness (QED) is 0.276. The lowest BCUT2D eigenvalue weighted by Crippen LogP contribution is -2.47. The van der Waals surface area contributed by atoms with Gasteiger partial charge in [-0.15, -0.1) is 0 Å². The second-order valence-corrected chi connectivity index (χ2v) is 11.9. The van der Waals surface area contributed by atoms with Gasteiger partial charge < -0.3 is 19.9 Å². The third-order valence-corrected chi connectivity index (χ3v) is 8.77. The summed E-state index contributed by atoms with van der Waals surface area (Å²) < 4.78 is 5.27.